The van der Waals surface area contributed by atoms with Gasteiger partial charge in [-0.05, 0) is 48.1 Å². The highest BCUT2D eigenvalue weighted by Gasteiger charge is 2.34. The predicted molar refractivity (Wildman–Crippen MR) is 111 cm³/mol. The molecule has 1 atom stereocenters. The number of rotatable bonds is 5. The molecule has 1 unspecified atom stereocenters. The first-order valence-electron chi connectivity index (χ1n) is 9.21. The third-order valence-electron chi connectivity index (χ3n) is 5.45. The first kappa shape index (κ1) is 18.7. The average Bonchev–Trinajstić information content (AvgIpc) is 2.94. The van der Waals surface area contributed by atoms with Gasteiger partial charge in [0.2, 0.25) is 0 Å². The van der Waals surface area contributed by atoms with E-state index in [4.69, 9.17) is 11.6 Å². The van der Waals surface area contributed by atoms with Crippen molar-refractivity contribution in [2.24, 2.45) is 4.99 Å². The van der Waals surface area contributed by atoms with Gasteiger partial charge >= 0.3 is 0 Å². The standard InChI is InChI=1S/C22H25ClN2O/c1-5-15(6-2)16-10-11-17-14(3)22(24-4)25(21(17)12-16)20-9-7-8-19(23)18(20)13-26/h7-15H,5-6H2,1-4H3. The summed E-state index contributed by atoms with van der Waals surface area (Å²) in [6.07, 6.45) is 3.05. The summed E-state index contributed by atoms with van der Waals surface area (Å²) >= 11 is 6.29. The van der Waals surface area contributed by atoms with Gasteiger partial charge in [0.05, 0.1) is 22.0 Å². The Hall–Kier alpha value is -2.13. The average molecular weight is 369 g/mol. The molecular formula is C22H25ClN2O. The number of carbonyl (C=O) groups is 1. The minimum absolute atomic E-state index is 0.171. The highest BCUT2D eigenvalue weighted by Crippen LogP contribution is 2.45. The number of amidine groups is 1. The van der Waals surface area contributed by atoms with Crippen molar-refractivity contribution in [1.82, 2.24) is 0 Å². The second-order valence-electron chi connectivity index (χ2n) is 6.76. The molecule has 1 aliphatic rings. The number of hydrogen-bond acceptors (Lipinski definition) is 2. The van der Waals surface area contributed by atoms with Crippen molar-refractivity contribution < 1.29 is 4.79 Å². The molecule has 0 saturated carbocycles. The summed E-state index contributed by atoms with van der Waals surface area (Å²) in [6.45, 7) is 6.60. The summed E-state index contributed by atoms with van der Waals surface area (Å²) in [5.41, 5.74) is 4.96. The zero-order valence-corrected chi connectivity index (χ0v) is 16.5. The van der Waals surface area contributed by atoms with Crippen LogP contribution in [0.5, 0.6) is 0 Å². The lowest BCUT2D eigenvalue weighted by Gasteiger charge is -2.24. The minimum atomic E-state index is 0.171. The van der Waals surface area contributed by atoms with Gasteiger partial charge < -0.3 is 0 Å². The Morgan fingerprint density at radius 2 is 1.92 bits per heavy atom. The minimum Gasteiger partial charge on any atom is -0.298 e. The Kier molecular flexibility index (Phi) is 5.47. The topological polar surface area (TPSA) is 32.7 Å². The molecule has 0 saturated heterocycles. The highest BCUT2D eigenvalue weighted by molar-refractivity contribution is 6.34. The zero-order chi connectivity index (χ0) is 18.8. The van der Waals surface area contributed by atoms with E-state index in [-0.39, 0.29) is 5.92 Å². The molecule has 26 heavy (non-hydrogen) atoms. The molecule has 1 aliphatic heterocycles. The fraction of sp³-hybridized carbons (Fsp3) is 0.364. The Bertz CT molecular complexity index is 855. The first-order chi connectivity index (χ1) is 12.6. The van der Waals surface area contributed by atoms with E-state index in [1.54, 1.807) is 13.1 Å². The largest absolute Gasteiger partial charge is 0.298 e. The van der Waals surface area contributed by atoms with Gasteiger partial charge in [-0.1, -0.05) is 50.6 Å². The van der Waals surface area contributed by atoms with E-state index in [0.29, 0.717) is 16.5 Å². The van der Waals surface area contributed by atoms with Crippen LogP contribution in [0.15, 0.2) is 41.4 Å². The number of benzene rings is 2. The molecule has 0 aliphatic carbocycles. The molecular weight excluding hydrogens is 344 g/mol. The van der Waals surface area contributed by atoms with Gasteiger partial charge in [0.15, 0.2) is 6.29 Å². The van der Waals surface area contributed by atoms with E-state index in [2.05, 4.69) is 48.9 Å². The molecule has 0 spiro atoms. The molecule has 4 heteroatoms. The van der Waals surface area contributed by atoms with Crippen LogP contribution in [0.3, 0.4) is 0 Å². The fourth-order valence-corrected chi connectivity index (χ4v) is 4.19. The van der Waals surface area contributed by atoms with Crippen molar-refractivity contribution in [2.45, 2.75) is 45.4 Å². The number of fused-ring (bicyclic) bond motifs is 1. The molecule has 3 rings (SSSR count). The van der Waals surface area contributed by atoms with Gasteiger partial charge in [0.25, 0.3) is 0 Å². The van der Waals surface area contributed by atoms with Crippen molar-refractivity contribution in [3.05, 3.63) is 58.1 Å². The van der Waals surface area contributed by atoms with Gasteiger partial charge in [-0.15, -0.1) is 0 Å². The normalized spacial score (nSPS) is 17.8. The van der Waals surface area contributed by atoms with Gasteiger partial charge in [-0.25, -0.2) is 0 Å². The molecule has 0 N–H and O–H groups in total. The molecule has 0 bridgehead atoms. The SMILES string of the molecule is CCC(CC)c1ccc2c(c1)N(c1cccc(Cl)c1C=O)C(=NC)C2C. The number of aldehydes is 1. The van der Waals surface area contributed by atoms with Crippen molar-refractivity contribution in [3.63, 3.8) is 0 Å². The summed E-state index contributed by atoms with van der Waals surface area (Å²) in [5.74, 6) is 1.64. The number of hydrogen-bond donors (Lipinski definition) is 0. The summed E-state index contributed by atoms with van der Waals surface area (Å²) < 4.78 is 0. The second kappa shape index (κ2) is 7.63. The zero-order valence-electron chi connectivity index (χ0n) is 15.8. The molecule has 0 radical (unpaired) electrons. The predicted octanol–water partition coefficient (Wildman–Crippen LogP) is 6.34. The third-order valence-corrected chi connectivity index (χ3v) is 5.78. The fourth-order valence-electron chi connectivity index (χ4n) is 3.97. The van der Waals surface area contributed by atoms with Gasteiger partial charge in [0.1, 0.15) is 5.84 Å². The van der Waals surface area contributed by atoms with E-state index in [1.807, 2.05) is 12.1 Å². The molecule has 1 heterocycles. The lowest BCUT2D eigenvalue weighted by molar-refractivity contribution is 0.112. The summed E-state index contributed by atoms with van der Waals surface area (Å²) in [5, 5.41) is 0.463. The van der Waals surface area contributed by atoms with Crippen LogP contribution in [0.1, 0.15) is 66.9 Å². The second-order valence-corrected chi connectivity index (χ2v) is 7.17. The van der Waals surface area contributed by atoms with Crippen LogP contribution in [-0.2, 0) is 0 Å². The quantitative estimate of drug-likeness (QED) is 0.577. The molecule has 0 fully saturated rings. The number of nitrogens with zero attached hydrogens (tertiary/aromatic N) is 2. The van der Waals surface area contributed by atoms with E-state index in [9.17, 15) is 4.79 Å². The van der Waals surface area contributed by atoms with Crippen LogP contribution >= 0.6 is 11.6 Å². The Morgan fingerprint density at radius 1 is 1.19 bits per heavy atom. The number of anilines is 2. The number of carbonyl (C=O) groups excluding carboxylic acids is 1. The summed E-state index contributed by atoms with van der Waals surface area (Å²) in [4.78, 5) is 18.4. The summed E-state index contributed by atoms with van der Waals surface area (Å²) in [6, 6.07) is 12.3. The van der Waals surface area contributed by atoms with Crippen LogP contribution < -0.4 is 4.90 Å². The van der Waals surface area contributed by atoms with E-state index < -0.39 is 0 Å². The van der Waals surface area contributed by atoms with Crippen molar-refractivity contribution >= 4 is 35.1 Å². The van der Waals surface area contributed by atoms with E-state index in [1.165, 1.54) is 11.1 Å². The van der Waals surface area contributed by atoms with Crippen LogP contribution in [0.4, 0.5) is 11.4 Å². The lowest BCUT2D eigenvalue weighted by Crippen LogP contribution is -2.24. The Morgan fingerprint density at radius 3 is 2.54 bits per heavy atom. The Balaban J connectivity index is 2.23. The smallest absolute Gasteiger partial charge is 0.153 e. The Labute approximate surface area is 160 Å². The molecule has 2 aromatic carbocycles. The number of halogens is 1. The molecule has 2 aromatic rings. The first-order valence-corrected chi connectivity index (χ1v) is 9.59. The van der Waals surface area contributed by atoms with Crippen LogP contribution in [0.25, 0.3) is 0 Å². The van der Waals surface area contributed by atoms with Gasteiger partial charge in [-0.3, -0.25) is 14.7 Å². The van der Waals surface area contributed by atoms with Crippen LogP contribution in [-0.4, -0.2) is 19.2 Å². The van der Waals surface area contributed by atoms with Crippen molar-refractivity contribution in [3.8, 4) is 0 Å². The molecule has 136 valence electrons. The lowest BCUT2D eigenvalue weighted by atomic mass is 9.91. The maximum atomic E-state index is 11.7. The maximum absolute atomic E-state index is 11.7. The van der Waals surface area contributed by atoms with Crippen molar-refractivity contribution in [1.29, 1.82) is 0 Å². The van der Waals surface area contributed by atoms with Crippen LogP contribution in [0, 0.1) is 0 Å². The maximum Gasteiger partial charge on any atom is 0.153 e. The molecule has 0 aromatic heterocycles. The van der Waals surface area contributed by atoms with E-state index >= 15 is 0 Å². The van der Waals surface area contributed by atoms with Gasteiger partial charge in [0, 0.05) is 13.0 Å². The molecule has 3 nitrogen and oxygen atoms in total. The van der Waals surface area contributed by atoms with Crippen molar-refractivity contribution in [2.75, 3.05) is 11.9 Å². The molecule has 0 amide bonds. The highest BCUT2D eigenvalue weighted by atomic mass is 35.5. The summed E-state index contributed by atoms with van der Waals surface area (Å²) in [7, 11) is 1.80. The number of aliphatic imine (C=N–C) groups is 1. The monoisotopic (exact) mass is 368 g/mol. The van der Waals surface area contributed by atoms with Crippen LogP contribution in [0.2, 0.25) is 5.02 Å². The van der Waals surface area contributed by atoms with E-state index in [0.717, 1.165) is 36.3 Å². The van der Waals surface area contributed by atoms with Gasteiger partial charge in [-0.2, -0.15) is 0 Å². The third kappa shape index (κ3) is 2.95.